The van der Waals surface area contributed by atoms with Crippen LogP contribution in [0.15, 0.2) is 54.6 Å². The zero-order valence-corrected chi connectivity index (χ0v) is 17.2. The Morgan fingerprint density at radius 1 is 1.09 bits per heavy atom. The number of nitrogens with one attached hydrogen (secondary N) is 2. The molecule has 4 rings (SSSR count). The standard InChI is InChI=1S/C23H22F2N4O3/c24-16-5-7-17(8-6-16)32-14-22(30)29-11-9-15(10-12-29)20-13-21(28-27-20)23(31)26-19-4-2-1-3-18(19)25/h1-8,13,15H,9-12,14H2,(H,26,31)(H,27,28). The Kier molecular flexibility index (Phi) is 6.44. The number of nitrogens with zero attached hydrogens (tertiary/aromatic N) is 2. The normalized spacial score (nSPS) is 14.2. The van der Waals surface area contributed by atoms with Gasteiger partial charge in [0.2, 0.25) is 0 Å². The van der Waals surface area contributed by atoms with Gasteiger partial charge in [0.15, 0.2) is 12.3 Å². The first-order valence-corrected chi connectivity index (χ1v) is 10.3. The van der Waals surface area contributed by atoms with Crippen molar-refractivity contribution in [3.05, 3.63) is 77.6 Å². The third kappa shape index (κ3) is 5.11. The van der Waals surface area contributed by atoms with Gasteiger partial charge in [0, 0.05) is 24.7 Å². The number of aromatic nitrogens is 2. The molecular weight excluding hydrogens is 418 g/mol. The molecule has 0 unspecified atom stereocenters. The highest BCUT2D eigenvalue weighted by molar-refractivity contribution is 6.03. The van der Waals surface area contributed by atoms with Gasteiger partial charge in [-0.2, -0.15) is 5.10 Å². The van der Waals surface area contributed by atoms with Crippen LogP contribution in [0.25, 0.3) is 0 Å². The van der Waals surface area contributed by atoms with Gasteiger partial charge in [-0.3, -0.25) is 14.7 Å². The minimum atomic E-state index is -0.517. The summed E-state index contributed by atoms with van der Waals surface area (Å²) < 4.78 is 32.1. The maximum absolute atomic E-state index is 13.7. The quantitative estimate of drug-likeness (QED) is 0.612. The van der Waals surface area contributed by atoms with Crippen molar-refractivity contribution in [2.75, 3.05) is 25.0 Å². The van der Waals surface area contributed by atoms with Crippen molar-refractivity contribution in [2.24, 2.45) is 0 Å². The molecule has 1 saturated heterocycles. The minimum absolute atomic E-state index is 0.0942. The second-order valence-electron chi connectivity index (χ2n) is 7.54. The molecule has 2 N–H and O–H groups in total. The summed E-state index contributed by atoms with van der Waals surface area (Å²) in [6.45, 7) is 0.985. The van der Waals surface area contributed by atoms with E-state index in [0.717, 1.165) is 5.69 Å². The molecule has 1 aliphatic heterocycles. The number of H-pyrrole nitrogens is 1. The number of hydrogen-bond acceptors (Lipinski definition) is 4. The Morgan fingerprint density at radius 3 is 2.53 bits per heavy atom. The molecule has 32 heavy (non-hydrogen) atoms. The zero-order valence-electron chi connectivity index (χ0n) is 17.2. The molecule has 2 amide bonds. The molecule has 0 radical (unpaired) electrons. The van der Waals surface area contributed by atoms with E-state index in [1.807, 2.05) is 0 Å². The van der Waals surface area contributed by atoms with E-state index in [0.29, 0.717) is 31.7 Å². The van der Waals surface area contributed by atoms with Crippen LogP contribution in [0.5, 0.6) is 5.75 Å². The fourth-order valence-corrected chi connectivity index (χ4v) is 3.62. The fourth-order valence-electron chi connectivity index (χ4n) is 3.62. The number of halogens is 2. The smallest absolute Gasteiger partial charge is 0.276 e. The molecule has 0 atom stereocenters. The van der Waals surface area contributed by atoms with E-state index in [1.54, 1.807) is 23.1 Å². The average molecular weight is 440 g/mol. The number of anilines is 1. The van der Waals surface area contributed by atoms with Crippen LogP contribution in [-0.2, 0) is 4.79 Å². The molecule has 0 spiro atoms. The first-order chi connectivity index (χ1) is 15.5. The van der Waals surface area contributed by atoms with E-state index in [-0.39, 0.29) is 35.6 Å². The fraction of sp³-hybridized carbons (Fsp3) is 0.261. The van der Waals surface area contributed by atoms with Crippen molar-refractivity contribution in [1.82, 2.24) is 15.1 Å². The molecule has 2 aromatic carbocycles. The summed E-state index contributed by atoms with van der Waals surface area (Å²) in [5.74, 6) is -0.951. The number of likely N-dealkylation sites (tertiary alicyclic amines) is 1. The summed E-state index contributed by atoms with van der Waals surface area (Å²) in [5, 5.41) is 9.45. The van der Waals surface area contributed by atoms with Crippen LogP contribution in [0.4, 0.5) is 14.5 Å². The third-order valence-electron chi connectivity index (χ3n) is 5.42. The Bertz CT molecular complexity index is 1090. The number of carbonyl (C=O) groups is 2. The highest BCUT2D eigenvalue weighted by Gasteiger charge is 2.26. The first kappa shape index (κ1) is 21.5. The lowest BCUT2D eigenvalue weighted by atomic mass is 9.93. The SMILES string of the molecule is O=C(Nc1ccccc1F)c1cc(C2CCN(C(=O)COc3ccc(F)cc3)CC2)[nH]n1. The number of aromatic amines is 1. The van der Waals surface area contributed by atoms with Crippen molar-refractivity contribution in [1.29, 1.82) is 0 Å². The summed E-state index contributed by atoms with van der Waals surface area (Å²) in [4.78, 5) is 26.5. The summed E-state index contributed by atoms with van der Waals surface area (Å²) in [6, 6.07) is 13.1. The van der Waals surface area contributed by atoms with E-state index in [1.165, 1.54) is 36.4 Å². The third-order valence-corrected chi connectivity index (χ3v) is 5.42. The number of rotatable bonds is 6. The maximum atomic E-state index is 13.7. The van der Waals surface area contributed by atoms with Gasteiger partial charge in [0.25, 0.3) is 11.8 Å². The number of benzene rings is 2. The molecule has 166 valence electrons. The minimum Gasteiger partial charge on any atom is -0.484 e. The topological polar surface area (TPSA) is 87.3 Å². The van der Waals surface area contributed by atoms with Crippen LogP contribution < -0.4 is 10.1 Å². The van der Waals surface area contributed by atoms with Gasteiger partial charge in [0.1, 0.15) is 17.4 Å². The average Bonchev–Trinajstić information content (AvgIpc) is 3.31. The number of para-hydroxylation sites is 1. The molecule has 3 aromatic rings. The van der Waals surface area contributed by atoms with Crippen molar-refractivity contribution in [3.63, 3.8) is 0 Å². The van der Waals surface area contributed by atoms with Gasteiger partial charge >= 0.3 is 0 Å². The van der Waals surface area contributed by atoms with Crippen molar-refractivity contribution >= 4 is 17.5 Å². The monoisotopic (exact) mass is 440 g/mol. The second kappa shape index (κ2) is 9.59. The van der Waals surface area contributed by atoms with Gasteiger partial charge in [-0.1, -0.05) is 12.1 Å². The van der Waals surface area contributed by atoms with Gasteiger partial charge in [0.05, 0.1) is 5.69 Å². The van der Waals surface area contributed by atoms with Crippen LogP contribution in [0.1, 0.15) is 34.9 Å². The van der Waals surface area contributed by atoms with Gasteiger partial charge in [-0.25, -0.2) is 8.78 Å². The van der Waals surface area contributed by atoms with E-state index in [4.69, 9.17) is 4.74 Å². The molecule has 1 fully saturated rings. The summed E-state index contributed by atoms with van der Waals surface area (Å²) in [6.07, 6.45) is 1.41. The Balaban J connectivity index is 1.27. The van der Waals surface area contributed by atoms with Crippen LogP contribution in [0, 0.1) is 11.6 Å². The predicted molar refractivity (Wildman–Crippen MR) is 113 cm³/mol. The van der Waals surface area contributed by atoms with Crippen molar-refractivity contribution < 1.29 is 23.1 Å². The van der Waals surface area contributed by atoms with E-state index in [2.05, 4.69) is 15.5 Å². The second-order valence-corrected chi connectivity index (χ2v) is 7.54. The van der Waals surface area contributed by atoms with Crippen LogP contribution in [-0.4, -0.2) is 46.6 Å². The highest BCUT2D eigenvalue weighted by Crippen LogP contribution is 2.27. The van der Waals surface area contributed by atoms with Gasteiger partial charge in [-0.15, -0.1) is 0 Å². The molecule has 7 nitrogen and oxygen atoms in total. The number of ether oxygens (including phenoxy) is 1. The molecule has 0 aliphatic carbocycles. The molecular formula is C23H22F2N4O3. The molecule has 0 bridgehead atoms. The van der Waals surface area contributed by atoms with Crippen molar-refractivity contribution in [3.8, 4) is 5.75 Å². The number of amides is 2. The number of hydrogen-bond donors (Lipinski definition) is 2. The predicted octanol–water partition coefficient (Wildman–Crippen LogP) is 3.73. The lowest BCUT2D eigenvalue weighted by Crippen LogP contribution is -2.40. The van der Waals surface area contributed by atoms with Crippen LogP contribution in [0.2, 0.25) is 0 Å². The highest BCUT2D eigenvalue weighted by atomic mass is 19.1. The lowest BCUT2D eigenvalue weighted by molar-refractivity contribution is -0.134. The summed E-state index contributed by atoms with van der Waals surface area (Å²) in [5.41, 5.74) is 1.07. The van der Waals surface area contributed by atoms with E-state index < -0.39 is 11.7 Å². The summed E-state index contributed by atoms with van der Waals surface area (Å²) >= 11 is 0. The zero-order chi connectivity index (χ0) is 22.5. The van der Waals surface area contributed by atoms with Gasteiger partial charge in [-0.05, 0) is 55.3 Å². The van der Waals surface area contributed by atoms with Crippen LogP contribution in [0.3, 0.4) is 0 Å². The van der Waals surface area contributed by atoms with Gasteiger partial charge < -0.3 is 15.0 Å². The maximum Gasteiger partial charge on any atom is 0.276 e. The first-order valence-electron chi connectivity index (χ1n) is 10.3. The molecule has 1 aromatic heterocycles. The Morgan fingerprint density at radius 2 is 1.81 bits per heavy atom. The molecule has 9 heteroatoms. The van der Waals surface area contributed by atoms with Crippen LogP contribution >= 0.6 is 0 Å². The number of carbonyl (C=O) groups excluding carboxylic acids is 2. The lowest BCUT2D eigenvalue weighted by Gasteiger charge is -2.31. The summed E-state index contributed by atoms with van der Waals surface area (Å²) in [7, 11) is 0. The Hall–Kier alpha value is -3.75. The molecule has 1 aliphatic rings. The van der Waals surface area contributed by atoms with E-state index >= 15 is 0 Å². The van der Waals surface area contributed by atoms with E-state index in [9.17, 15) is 18.4 Å². The molecule has 0 saturated carbocycles. The largest absolute Gasteiger partial charge is 0.484 e. The Labute approximate surface area is 183 Å². The molecule has 2 heterocycles. The number of piperidine rings is 1. The van der Waals surface area contributed by atoms with Crippen molar-refractivity contribution in [2.45, 2.75) is 18.8 Å².